The molecular weight excluding hydrogens is 280 g/mol. The van der Waals surface area contributed by atoms with Gasteiger partial charge in [-0.25, -0.2) is 0 Å². The molecule has 2 aromatic carbocycles. The zero-order valence-corrected chi connectivity index (χ0v) is 13.7. The van der Waals surface area contributed by atoms with E-state index in [1.165, 1.54) is 55.5 Å². The third-order valence-electron chi connectivity index (χ3n) is 5.39. The normalized spacial score (nSPS) is 21.1. The number of para-hydroxylation sites is 1. The average Bonchev–Trinajstić information content (AvgIpc) is 3.05. The molecule has 120 valence electrons. The van der Waals surface area contributed by atoms with Crippen molar-refractivity contribution >= 4 is 5.69 Å². The first kappa shape index (κ1) is 14.8. The molecule has 2 aromatic rings. The van der Waals surface area contributed by atoms with E-state index in [-0.39, 0.29) is 0 Å². The van der Waals surface area contributed by atoms with Crippen LogP contribution in [0.2, 0.25) is 0 Å². The Morgan fingerprint density at radius 1 is 0.870 bits per heavy atom. The van der Waals surface area contributed by atoms with E-state index in [2.05, 4.69) is 64.8 Å². The summed E-state index contributed by atoms with van der Waals surface area (Å²) in [6, 6.07) is 21.2. The molecule has 1 N–H and O–H groups in total. The van der Waals surface area contributed by atoms with Gasteiger partial charge in [0.15, 0.2) is 0 Å². The van der Waals surface area contributed by atoms with Crippen LogP contribution in [0.5, 0.6) is 0 Å². The Labute approximate surface area is 139 Å². The van der Waals surface area contributed by atoms with Crippen molar-refractivity contribution in [2.75, 3.05) is 18.0 Å². The fraction of sp³-hybridized carbons (Fsp3) is 0.429. The molecule has 1 heterocycles. The van der Waals surface area contributed by atoms with E-state index < -0.39 is 0 Å². The number of rotatable bonds is 4. The van der Waals surface area contributed by atoms with Gasteiger partial charge in [0.05, 0.1) is 0 Å². The van der Waals surface area contributed by atoms with E-state index in [1.54, 1.807) is 0 Å². The highest BCUT2D eigenvalue weighted by molar-refractivity contribution is 5.50. The smallest absolute Gasteiger partial charge is 0.0371 e. The second-order valence-electron chi connectivity index (χ2n) is 6.97. The second kappa shape index (κ2) is 6.76. The van der Waals surface area contributed by atoms with Crippen molar-refractivity contribution in [1.82, 2.24) is 5.32 Å². The predicted molar refractivity (Wildman–Crippen MR) is 97.1 cm³/mol. The third kappa shape index (κ3) is 3.28. The third-order valence-corrected chi connectivity index (χ3v) is 5.39. The van der Waals surface area contributed by atoms with Crippen LogP contribution in [0.1, 0.15) is 30.4 Å². The molecule has 0 aromatic heterocycles. The summed E-state index contributed by atoms with van der Waals surface area (Å²) >= 11 is 0. The molecule has 0 bridgehead atoms. The van der Waals surface area contributed by atoms with E-state index in [1.807, 2.05) is 0 Å². The van der Waals surface area contributed by atoms with Gasteiger partial charge in [-0.15, -0.1) is 0 Å². The quantitative estimate of drug-likeness (QED) is 0.924. The highest BCUT2D eigenvalue weighted by atomic mass is 15.2. The van der Waals surface area contributed by atoms with E-state index in [4.69, 9.17) is 0 Å². The molecule has 1 fully saturated rings. The van der Waals surface area contributed by atoms with E-state index in [9.17, 15) is 0 Å². The standard InChI is InChI=1S/C21H26N2/c1-2-11-20(12-3-1)23(16-19-10-6-7-13-22-19)21-14-17-8-4-5-9-18(17)15-21/h1-5,8-9,11-12,19,21-22H,6-7,10,13-16H2. The maximum Gasteiger partial charge on any atom is 0.0371 e. The molecule has 1 unspecified atom stereocenters. The maximum atomic E-state index is 3.72. The van der Waals surface area contributed by atoms with Crippen LogP contribution < -0.4 is 10.2 Å². The summed E-state index contributed by atoms with van der Waals surface area (Å²) in [6.07, 6.45) is 6.36. The first-order chi connectivity index (χ1) is 11.4. The fourth-order valence-electron chi connectivity index (χ4n) is 4.16. The SMILES string of the molecule is c1ccc(N(CC2CCCCN2)C2Cc3ccccc3C2)cc1. The van der Waals surface area contributed by atoms with Crippen molar-refractivity contribution in [3.63, 3.8) is 0 Å². The molecule has 1 aliphatic carbocycles. The summed E-state index contributed by atoms with van der Waals surface area (Å²) in [4.78, 5) is 2.66. The van der Waals surface area contributed by atoms with E-state index >= 15 is 0 Å². The summed E-state index contributed by atoms with van der Waals surface area (Å²) in [5.74, 6) is 0. The minimum absolute atomic E-state index is 0.596. The van der Waals surface area contributed by atoms with Crippen LogP contribution in [-0.2, 0) is 12.8 Å². The monoisotopic (exact) mass is 306 g/mol. The van der Waals surface area contributed by atoms with E-state index in [0.717, 1.165) is 6.54 Å². The largest absolute Gasteiger partial charge is 0.366 e. The van der Waals surface area contributed by atoms with E-state index in [0.29, 0.717) is 12.1 Å². The summed E-state index contributed by atoms with van der Waals surface area (Å²) in [5.41, 5.74) is 4.45. The van der Waals surface area contributed by atoms with Gasteiger partial charge in [0, 0.05) is 24.3 Å². The lowest BCUT2D eigenvalue weighted by atomic mass is 10.0. The van der Waals surface area contributed by atoms with Crippen LogP contribution in [0.3, 0.4) is 0 Å². The molecule has 1 atom stereocenters. The molecule has 0 radical (unpaired) electrons. The Bertz CT molecular complexity index is 606. The minimum Gasteiger partial charge on any atom is -0.366 e. The number of hydrogen-bond donors (Lipinski definition) is 1. The second-order valence-corrected chi connectivity index (χ2v) is 6.97. The molecule has 2 nitrogen and oxygen atoms in total. The average molecular weight is 306 g/mol. The molecule has 0 saturated carbocycles. The van der Waals surface area contributed by atoms with Crippen molar-refractivity contribution in [3.05, 3.63) is 65.7 Å². The van der Waals surface area contributed by atoms with Crippen LogP contribution in [-0.4, -0.2) is 25.2 Å². The van der Waals surface area contributed by atoms with Gasteiger partial charge in [0.2, 0.25) is 0 Å². The number of benzene rings is 2. The summed E-state index contributed by atoms with van der Waals surface area (Å²) in [6.45, 7) is 2.31. The lowest BCUT2D eigenvalue weighted by molar-refractivity contribution is 0.389. The summed E-state index contributed by atoms with van der Waals surface area (Å²) in [7, 11) is 0. The molecule has 0 amide bonds. The van der Waals surface area contributed by atoms with Gasteiger partial charge >= 0.3 is 0 Å². The van der Waals surface area contributed by atoms with Gasteiger partial charge in [-0.1, -0.05) is 48.9 Å². The Morgan fingerprint density at radius 2 is 1.57 bits per heavy atom. The van der Waals surface area contributed by atoms with Gasteiger partial charge in [-0.05, 0) is 55.5 Å². The van der Waals surface area contributed by atoms with Crippen LogP contribution >= 0.6 is 0 Å². The van der Waals surface area contributed by atoms with Crippen LogP contribution in [0.4, 0.5) is 5.69 Å². The Morgan fingerprint density at radius 3 is 2.22 bits per heavy atom. The molecule has 1 saturated heterocycles. The zero-order valence-electron chi connectivity index (χ0n) is 13.7. The molecule has 4 rings (SSSR count). The zero-order chi connectivity index (χ0) is 15.5. The Kier molecular flexibility index (Phi) is 4.34. The van der Waals surface area contributed by atoms with Crippen molar-refractivity contribution in [1.29, 1.82) is 0 Å². The highest BCUT2D eigenvalue weighted by Crippen LogP contribution is 2.29. The predicted octanol–water partition coefficient (Wildman–Crippen LogP) is 3.80. The maximum absolute atomic E-state index is 3.72. The minimum atomic E-state index is 0.596. The molecule has 23 heavy (non-hydrogen) atoms. The first-order valence-electron chi connectivity index (χ1n) is 9.02. The number of nitrogens with one attached hydrogen (secondary N) is 1. The highest BCUT2D eigenvalue weighted by Gasteiger charge is 2.28. The number of nitrogens with zero attached hydrogens (tertiary/aromatic N) is 1. The Balaban J connectivity index is 1.56. The van der Waals surface area contributed by atoms with Crippen LogP contribution in [0.15, 0.2) is 54.6 Å². The van der Waals surface area contributed by atoms with Gasteiger partial charge in [-0.3, -0.25) is 0 Å². The van der Waals surface area contributed by atoms with Gasteiger partial charge in [-0.2, -0.15) is 0 Å². The number of hydrogen-bond acceptors (Lipinski definition) is 2. The van der Waals surface area contributed by atoms with Crippen molar-refractivity contribution < 1.29 is 0 Å². The van der Waals surface area contributed by atoms with Crippen LogP contribution in [0.25, 0.3) is 0 Å². The summed E-state index contributed by atoms with van der Waals surface area (Å²) < 4.78 is 0. The lowest BCUT2D eigenvalue weighted by Gasteiger charge is -2.36. The molecular formula is C21H26N2. The molecule has 2 heteroatoms. The number of fused-ring (bicyclic) bond motifs is 1. The number of piperidine rings is 1. The van der Waals surface area contributed by atoms with Gasteiger partial charge < -0.3 is 10.2 Å². The lowest BCUT2D eigenvalue weighted by Crippen LogP contribution is -2.47. The molecule has 1 aliphatic heterocycles. The van der Waals surface area contributed by atoms with Gasteiger partial charge in [0.1, 0.15) is 0 Å². The molecule has 0 spiro atoms. The topological polar surface area (TPSA) is 15.3 Å². The first-order valence-corrected chi connectivity index (χ1v) is 9.02. The van der Waals surface area contributed by atoms with Crippen molar-refractivity contribution in [2.24, 2.45) is 0 Å². The van der Waals surface area contributed by atoms with Crippen LogP contribution in [0, 0.1) is 0 Å². The molecule has 2 aliphatic rings. The van der Waals surface area contributed by atoms with Crippen molar-refractivity contribution in [2.45, 2.75) is 44.2 Å². The Hall–Kier alpha value is -1.80. The number of anilines is 1. The fourth-order valence-corrected chi connectivity index (χ4v) is 4.16. The summed E-state index contributed by atoms with van der Waals surface area (Å²) in [5, 5.41) is 3.72. The van der Waals surface area contributed by atoms with Gasteiger partial charge in [0.25, 0.3) is 0 Å². The van der Waals surface area contributed by atoms with Crippen molar-refractivity contribution in [3.8, 4) is 0 Å².